The number of hydrogen-bond acceptors (Lipinski definition) is 4. The molecule has 0 radical (unpaired) electrons. The van der Waals surface area contributed by atoms with Gasteiger partial charge in [-0.25, -0.2) is 15.0 Å². The van der Waals surface area contributed by atoms with Gasteiger partial charge in [0.05, 0.1) is 0 Å². The number of hydrogen-bond donors (Lipinski definition) is 0. The van der Waals surface area contributed by atoms with Gasteiger partial charge in [0.1, 0.15) is 0 Å². The van der Waals surface area contributed by atoms with Gasteiger partial charge in [-0.2, -0.15) is 0 Å². The fraction of sp³-hybridized carbons (Fsp3) is 0.0845. The van der Waals surface area contributed by atoms with E-state index in [2.05, 4.69) is 194 Å². The van der Waals surface area contributed by atoms with Crippen LogP contribution in [0.3, 0.4) is 0 Å². The molecular weight excluding hydrogens is 942 g/mol. The van der Waals surface area contributed by atoms with Crippen molar-refractivity contribution >= 4 is 44.6 Å². The third-order valence-electron chi connectivity index (χ3n) is 15.7. The van der Waals surface area contributed by atoms with Gasteiger partial charge in [0.25, 0.3) is 0 Å². The molecule has 11 aromatic carbocycles. The highest BCUT2D eigenvalue weighted by molar-refractivity contribution is 7.86. The van der Waals surface area contributed by atoms with E-state index in [1.54, 1.807) is 0 Å². The number of aromatic nitrogens is 3. The average Bonchev–Trinajstić information content (AvgIpc) is 3.59. The lowest BCUT2D eigenvalue weighted by Crippen LogP contribution is -2.30. The number of benzene rings is 11. The molecule has 0 aliphatic heterocycles. The summed E-state index contributed by atoms with van der Waals surface area (Å²) in [6, 6.07) is 93.6. The van der Waals surface area contributed by atoms with E-state index in [-0.39, 0.29) is 5.41 Å². The van der Waals surface area contributed by atoms with Crippen LogP contribution in [0.5, 0.6) is 0 Å². The zero-order chi connectivity index (χ0) is 50.9. The van der Waals surface area contributed by atoms with Crippen LogP contribution in [0.25, 0.3) is 89.1 Å². The largest absolute Gasteiger partial charge is 0.309 e. The van der Waals surface area contributed by atoms with Gasteiger partial charge in [0.2, 0.25) is 0 Å². The average molecular weight is 996 g/mol. The molecule has 364 valence electrons. The van der Waals surface area contributed by atoms with Crippen LogP contribution < -0.4 is 15.9 Å². The summed E-state index contributed by atoms with van der Waals surface area (Å²) < 4.78 is 16.2. The fourth-order valence-electron chi connectivity index (χ4n) is 11.9. The van der Waals surface area contributed by atoms with Crippen molar-refractivity contribution in [3.8, 4) is 67.5 Å². The Kier molecular flexibility index (Phi) is 12.4. The third kappa shape index (κ3) is 8.55. The van der Waals surface area contributed by atoms with Crippen LogP contribution in [0.2, 0.25) is 0 Å². The quantitative estimate of drug-likeness (QED) is 0.0957. The predicted octanol–water partition coefficient (Wildman–Crippen LogP) is 17.1. The molecule has 0 unspecified atom stereocenters. The first-order chi connectivity index (χ1) is 37.5. The molecule has 0 atom stereocenters. The molecule has 0 amide bonds. The Morgan fingerprint density at radius 1 is 0.303 bits per heavy atom. The molecule has 1 aliphatic rings. The second kappa shape index (κ2) is 20.1. The summed E-state index contributed by atoms with van der Waals surface area (Å²) in [6.45, 7) is 0. The van der Waals surface area contributed by atoms with E-state index >= 15 is 4.57 Å². The maximum absolute atomic E-state index is 16.2. The van der Waals surface area contributed by atoms with Crippen molar-refractivity contribution in [1.82, 2.24) is 15.0 Å². The lowest BCUT2D eigenvalue weighted by Gasteiger charge is -2.39. The van der Waals surface area contributed by atoms with Gasteiger partial charge in [-0.3, -0.25) is 0 Å². The molecule has 1 saturated carbocycles. The van der Waals surface area contributed by atoms with E-state index in [0.717, 1.165) is 108 Å². The standard InChI is InChI=1S/C71H54N3OP/c75-76(60-27-10-3-11-28-60,61-29-12-4-13-30-61)67-64-33-16-14-31-62(64)66(63-32-15-17-34-65(63)67)53-39-43-58(44-40-53)71(47-18-5-19-48-71)59-45-41-55(42-46-59)69-72-68(54-37-35-52(36-38-54)50-21-6-1-7-22-50)73-70(74-69)57-26-20-25-56(49-57)51-23-8-2-9-24-51/h1-4,6-17,20-46,49H,5,18-19,47-48H2. The summed E-state index contributed by atoms with van der Waals surface area (Å²) in [6.07, 6.45) is 5.68. The van der Waals surface area contributed by atoms with Crippen molar-refractivity contribution in [2.24, 2.45) is 0 Å². The van der Waals surface area contributed by atoms with Crippen molar-refractivity contribution in [2.75, 3.05) is 0 Å². The molecule has 12 aromatic rings. The number of nitrogens with zero attached hydrogens (tertiary/aromatic N) is 3. The van der Waals surface area contributed by atoms with Crippen LogP contribution >= 0.6 is 7.14 Å². The normalized spacial score (nSPS) is 13.4. The molecule has 13 rings (SSSR count). The highest BCUT2D eigenvalue weighted by Gasteiger charge is 2.37. The zero-order valence-corrected chi connectivity index (χ0v) is 43.0. The zero-order valence-electron chi connectivity index (χ0n) is 42.1. The van der Waals surface area contributed by atoms with Crippen LogP contribution in [0, 0.1) is 0 Å². The molecule has 1 heterocycles. The SMILES string of the molecule is O=P(c1ccccc1)(c1ccccc1)c1c2ccccc2c(-c2ccc(C3(c4ccc(-c5nc(-c6ccc(-c7ccccc7)cc6)nc(-c6cccc(-c7ccccc7)c6)n5)cc4)CCCCC3)cc2)c2ccccc12. The summed E-state index contributed by atoms with van der Waals surface area (Å²) in [5.41, 5.74) is 12.2. The van der Waals surface area contributed by atoms with Gasteiger partial charge in [-0.15, -0.1) is 0 Å². The van der Waals surface area contributed by atoms with Crippen molar-refractivity contribution in [3.05, 3.63) is 278 Å². The molecule has 1 aromatic heterocycles. The summed E-state index contributed by atoms with van der Waals surface area (Å²) in [5, 5.41) is 6.77. The first-order valence-corrected chi connectivity index (χ1v) is 28.2. The van der Waals surface area contributed by atoms with Crippen LogP contribution in [-0.2, 0) is 9.98 Å². The molecule has 1 fully saturated rings. The van der Waals surface area contributed by atoms with Gasteiger partial charge >= 0.3 is 0 Å². The fourth-order valence-corrected chi connectivity index (χ4v) is 15.0. The van der Waals surface area contributed by atoms with Crippen molar-refractivity contribution in [2.45, 2.75) is 37.5 Å². The summed E-state index contributed by atoms with van der Waals surface area (Å²) in [4.78, 5) is 15.5. The molecule has 4 nitrogen and oxygen atoms in total. The van der Waals surface area contributed by atoms with Gasteiger partial charge in [-0.1, -0.05) is 280 Å². The lowest BCUT2D eigenvalue weighted by atomic mass is 9.65. The first-order valence-electron chi connectivity index (χ1n) is 26.5. The molecular formula is C71H54N3OP. The van der Waals surface area contributed by atoms with Crippen LogP contribution in [0.1, 0.15) is 43.2 Å². The second-order valence-corrected chi connectivity index (χ2v) is 22.8. The smallest absolute Gasteiger partial charge is 0.172 e. The third-order valence-corrected chi connectivity index (χ3v) is 18.9. The minimum Gasteiger partial charge on any atom is -0.309 e. The lowest BCUT2D eigenvalue weighted by molar-refractivity contribution is 0.346. The molecule has 76 heavy (non-hydrogen) atoms. The monoisotopic (exact) mass is 995 g/mol. The minimum atomic E-state index is -3.34. The highest BCUT2D eigenvalue weighted by atomic mass is 31.2. The van der Waals surface area contributed by atoms with Crippen molar-refractivity contribution in [3.63, 3.8) is 0 Å². The molecule has 5 heteroatoms. The maximum atomic E-state index is 16.2. The highest BCUT2D eigenvalue weighted by Crippen LogP contribution is 2.50. The maximum Gasteiger partial charge on any atom is 0.172 e. The van der Waals surface area contributed by atoms with Gasteiger partial charge in [-0.05, 0) is 85.0 Å². The summed E-state index contributed by atoms with van der Waals surface area (Å²) in [7, 11) is -3.34. The van der Waals surface area contributed by atoms with E-state index in [9.17, 15) is 0 Å². The van der Waals surface area contributed by atoms with E-state index in [0.29, 0.717) is 17.5 Å². The first kappa shape index (κ1) is 46.9. The van der Waals surface area contributed by atoms with Crippen LogP contribution in [0.4, 0.5) is 0 Å². The number of fused-ring (bicyclic) bond motifs is 2. The van der Waals surface area contributed by atoms with Crippen LogP contribution in [-0.4, -0.2) is 15.0 Å². The Morgan fingerprint density at radius 2 is 0.658 bits per heavy atom. The Balaban J connectivity index is 0.887. The molecule has 0 saturated heterocycles. The van der Waals surface area contributed by atoms with E-state index in [4.69, 9.17) is 15.0 Å². The Labute approximate surface area is 444 Å². The van der Waals surface area contributed by atoms with Gasteiger partial charge in [0, 0.05) is 38.0 Å². The van der Waals surface area contributed by atoms with Crippen LogP contribution in [0.15, 0.2) is 267 Å². The Bertz CT molecular complexity index is 3960. The minimum absolute atomic E-state index is 0.158. The van der Waals surface area contributed by atoms with E-state index in [1.807, 2.05) is 72.8 Å². The predicted molar refractivity (Wildman–Crippen MR) is 317 cm³/mol. The van der Waals surface area contributed by atoms with Crippen molar-refractivity contribution in [1.29, 1.82) is 0 Å². The van der Waals surface area contributed by atoms with Gasteiger partial charge in [0.15, 0.2) is 24.6 Å². The molecule has 1 aliphatic carbocycles. The number of rotatable bonds is 11. The van der Waals surface area contributed by atoms with E-state index in [1.165, 1.54) is 23.1 Å². The molecule has 0 N–H and O–H groups in total. The Morgan fingerprint density at radius 3 is 1.16 bits per heavy atom. The molecule has 0 bridgehead atoms. The Hall–Kier alpha value is -8.82. The topological polar surface area (TPSA) is 55.7 Å². The molecule has 0 spiro atoms. The summed E-state index contributed by atoms with van der Waals surface area (Å²) in [5.74, 6) is 1.91. The second-order valence-electron chi connectivity index (χ2n) is 20.1. The van der Waals surface area contributed by atoms with Gasteiger partial charge < -0.3 is 4.57 Å². The van der Waals surface area contributed by atoms with E-state index < -0.39 is 7.14 Å². The van der Waals surface area contributed by atoms with Crippen molar-refractivity contribution < 1.29 is 4.57 Å². The summed E-state index contributed by atoms with van der Waals surface area (Å²) >= 11 is 0.